The van der Waals surface area contributed by atoms with E-state index in [1.807, 2.05) is 13.8 Å². The number of nitrogens with one attached hydrogen (secondary N) is 1. The number of carbonyl (C=O) groups excluding carboxylic acids is 1. The van der Waals surface area contributed by atoms with Crippen molar-refractivity contribution in [1.82, 2.24) is 10.2 Å². The first-order chi connectivity index (χ1) is 8.57. The Morgan fingerprint density at radius 1 is 1.56 bits per heavy atom. The van der Waals surface area contributed by atoms with Gasteiger partial charge < -0.3 is 14.8 Å². The van der Waals surface area contributed by atoms with Gasteiger partial charge in [-0.2, -0.15) is 0 Å². The molecule has 1 heterocycles. The van der Waals surface area contributed by atoms with Gasteiger partial charge >= 0.3 is 5.97 Å². The van der Waals surface area contributed by atoms with Gasteiger partial charge in [-0.3, -0.25) is 9.69 Å². The molecule has 1 saturated heterocycles. The Morgan fingerprint density at radius 2 is 2.28 bits per heavy atom. The Morgan fingerprint density at radius 3 is 2.83 bits per heavy atom. The van der Waals surface area contributed by atoms with Gasteiger partial charge in [0.15, 0.2) is 0 Å². The minimum Gasteiger partial charge on any atom is -0.468 e. The molecule has 106 valence electrons. The van der Waals surface area contributed by atoms with E-state index in [0.29, 0.717) is 12.6 Å². The maximum Gasteiger partial charge on any atom is 0.327 e. The fourth-order valence-corrected chi connectivity index (χ4v) is 2.49. The minimum absolute atomic E-state index is 0.203. The van der Waals surface area contributed by atoms with Crippen LogP contribution < -0.4 is 5.32 Å². The summed E-state index contributed by atoms with van der Waals surface area (Å²) >= 11 is 0. The predicted molar refractivity (Wildman–Crippen MR) is 70.6 cm³/mol. The molecule has 2 atom stereocenters. The van der Waals surface area contributed by atoms with Gasteiger partial charge in [0.1, 0.15) is 5.54 Å². The molecule has 1 rings (SSSR count). The second-order valence-electron chi connectivity index (χ2n) is 4.96. The van der Waals surface area contributed by atoms with Crippen LogP contribution in [0.4, 0.5) is 0 Å². The van der Waals surface area contributed by atoms with Gasteiger partial charge in [0, 0.05) is 19.1 Å². The molecule has 1 fully saturated rings. The summed E-state index contributed by atoms with van der Waals surface area (Å²) in [5.74, 6) is -0.203. The van der Waals surface area contributed by atoms with E-state index in [0.717, 1.165) is 32.7 Å². The van der Waals surface area contributed by atoms with E-state index in [4.69, 9.17) is 9.47 Å². The molecule has 0 aromatic carbocycles. The van der Waals surface area contributed by atoms with E-state index in [2.05, 4.69) is 17.1 Å². The van der Waals surface area contributed by atoms with E-state index in [-0.39, 0.29) is 5.97 Å². The first-order valence-electron chi connectivity index (χ1n) is 6.72. The van der Waals surface area contributed by atoms with Crippen molar-refractivity contribution in [3.63, 3.8) is 0 Å². The first-order valence-corrected chi connectivity index (χ1v) is 6.72. The third-order valence-electron chi connectivity index (χ3n) is 3.54. The van der Waals surface area contributed by atoms with Crippen molar-refractivity contribution in [3.8, 4) is 0 Å². The highest BCUT2D eigenvalue weighted by Crippen LogP contribution is 2.16. The van der Waals surface area contributed by atoms with Crippen molar-refractivity contribution in [2.75, 3.05) is 40.0 Å². The van der Waals surface area contributed by atoms with Gasteiger partial charge in [-0.1, -0.05) is 13.8 Å². The minimum atomic E-state index is -0.645. The lowest BCUT2D eigenvalue weighted by atomic mass is 9.99. The highest BCUT2D eigenvalue weighted by molar-refractivity contribution is 5.80. The SMILES string of the molecule is CCNC(C)(CN1CCOCC1CC)C(=O)OC. The lowest BCUT2D eigenvalue weighted by molar-refractivity contribution is -0.150. The van der Waals surface area contributed by atoms with Crippen LogP contribution in [0.15, 0.2) is 0 Å². The summed E-state index contributed by atoms with van der Waals surface area (Å²) in [5, 5.41) is 3.24. The number of likely N-dealkylation sites (N-methyl/N-ethyl adjacent to an activating group) is 1. The average molecular weight is 258 g/mol. The highest BCUT2D eigenvalue weighted by atomic mass is 16.5. The van der Waals surface area contributed by atoms with E-state index >= 15 is 0 Å². The number of morpholine rings is 1. The van der Waals surface area contributed by atoms with Crippen LogP contribution in [0.25, 0.3) is 0 Å². The Bertz CT molecular complexity index is 273. The second-order valence-corrected chi connectivity index (χ2v) is 4.96. The van der Waals surface area contributed by atoms with E-state index < -0.39 is 5.54 Å². The largest absolute Gasteiger partial charge is 0.468 e. The van der Waals surface area contributed by atoms with Crippen LogP contribution in [0.3, 0.4) is 0 Å². The summed E-state index contributed by atoms with van der Waals surface area (Å²) in [4.78, 5) is 14.3. The fourth-order valence-electron chi connectivity index (χ4n) is 2.49. The van der Waals surface area contributed by atoms with E-state index in [1.54, 1.807) is 0 Å². The predicted octanol–water partition coefficient (Wildman–Crippen LogP) is 0.638. The number of esters is 1. The van der Waals surface area contributed by atoms with E-state index in [1.165, 1.54) is 7.11 Å². The van der Waals surface area contributed by atoms with E-state index in [9.17, 15) is 4.79 Å². The molecule has 0 spiro atoms. The van der Waals surface area contributed by atoms with Gasteiger partial charge in [-0.25, -0.2) is 0 Å². The number of nitrogens with zero attached hydrogens (tertiary/aromatic N) is 1. The second kappa shape index (κ2) is 7.07. The van der Waals surface area contributed by atoms with Crippen LogP contribution in [0.2, 0.25) is 0 Å². The summed E-state index contributed by atoms with van der Waals surface area (Å²) < 4.78 is 10.4. The van der Waals surface area contributed by atoms with Gasteiger partial charge in [0.05, 0.1) is 20.3 Å². The molecule has 1 aliphatic rings. The zero-order valence-electron chi connectivity index (χ0n) is 12.0. The molecule has 1 aliphatic heterocycles. The fraction of sp³-hybridized carbons (Fsp3) is 0.923. The molecular formula is C13H26N2O3. The number of methoxy groups -OCH3 is 1. The summed E-state index contributed by atoms with van der Waals surface area (Å²) in [6.07, 6.45) is 1.03. The van der Waals surface area contributed by atoms with Crippen LogP contribution >= 0.6 is 0 Å². The summed E-state index contributed by atoms with van der Waals surface area (Å²) in [6, 6.07) is 0.390. The van der Waals surface area contributed by atoms with Gasteiger partial charge in [0.25, 0.3) is 0 Å². The molecule has 5 heteroatoms. The molecule has 0 aliphatic carbocycles. The normalized spacial score (nSPS) is 24.6. The van der Waals surface area contributed by atoms with Gasteiger partial charge in [0.2, 0.25) is 0 Å². The molecule has 1 N–H and O–H groups in total. The molecular weight excluding hydrogens is 232 g/mol. The molecule has 0 saturated carbocycles. The lowest BCUT2D eigenvalue weighted by Crippen LogP contribution is -2.60. The third kappa shape index (κ3) is 3.67. The molecule has 0 bridgehead atoms. The number of ether oxygens (including phenoxy) is 2. The molecule has 0 aromatic heterocycles. The Kier molecular flexibility index (Phi) is 6.05. The van der Waals surface area contributed by atoms with Crippen molar-refractivity contribution in [2.24, 2.45) is 0 Å². The zero-order chi connectivity index (χ0) is 13.6. The number of carbonyl (C=O) groups is 1. The van der Waals surface area contributed by atoms with Crippen LogP contribution in [0.5, 0.6) is 0 Å². The zero-order valence-corrected chi connectivity index (χ0v) is 12.0. The Hall–Kier alpha value is -0.650. The van der Waals surface area contributed by atoms with Crippen molar-refractivity contribution < 1.29 is 14.3 Å². The summed E-state index contributed by atoms with van der Waals surface area (Å²) in [6.45, 7) is 9.82. The molecule has 18 heavy (non-hydrogen) atoms. The number of rotatable bonds is 6. The van der Waals surface area contributed by atoms with Crippen LogP contribution in [-0.2, 0) is 14.3 Å². The lowest BCUT2D eigenvalue weighted by Gasteiger charge is -2.40. The molecule has 5 nitrogen and oxygen atoms in total. The molecule has 0 radical (unpaired) electrons. The monoisotopic (exact) mass is 258 g/mol. The van der Waals surface area contributed by atoms with Crippen LogP contribution in [0, 0.1) is 0 Å². The highest BCUT2D eigenvalue weighted by Gasteiger charge is 2.37. The third-order valence-corrected chi connectivity index (χ3v) is 3.54. The summed E-state index contributed by atoms with van der Waals surface area (Å²) in [5.41, 5.74) is -0.645. The standard InChI is InChI=1S/C13H26N2O3/c1-5-11-9-18-8-7-15(11)10-13(3,14-6-2)12(16)17-4/h11,14H,5-10H2,1-4H3. The van der Waals surface area contributed by atoms with Crippen LogP contribution in [-0.4, -0.2) is 62.4 Å². The smallest absolute Gasteiger partial charge is 0.327 e. The Labute approximate surface area is 110 Å². The molecule has 2 unspecified atom stereocenters. The van der Waals surface area contributed by atoms with Gasteiger partial charge in [-0.15, -0.1) is 0 Å². The van der Waals surface area contributed by atoms with Crippen molar-refractivity contribution in [3.05, 3.63) is 0 Å². The quantitative estimate of drug-likeness (QED) is 0.709. The molecule has 0 amide bonds. The number of hydrogen-bond acceptors (Lipinski definition) is 5. The van der Waals surface area contributed by atoms with Crippen molar-refractivity contribution >= 4 is 5.97 Å². The first kappa shape index (κ1) is 15.4. The Balaban J connectivity index is 2.72. The summed E-state index contributed by atoms with van der Waals surface area (Å²) in [7, 11) is 1.44. The topological polar surface area (TPSA) is 50.8 Å². The molecule has 0 aromatic rings. The average Bonchev–Trinajstić information content (AvgIpc) is 2.38. The maximum atomic E-state index is 11.9. The van der Waals surface area contributed by atoms with Crippen molar-refractivity contribution in [2.45, 2.75) is 38.8 Å². The van der Waals surface area contributed by atoms with Crippen LogP contribution in [0.1, 0.15) is 27.2 Å². The number of hydrogen-bond donors (Lipinski definition) is 1. The van der Waals surface area contributed by atoms with Crippen molar-refractivity contribution in [1.29, 1.82) is 0 Å². The van der Waals surface area contributed by atoms with Gasteiger partial charge in [-0.05, 0) is 19.9 Å². The maximum absolute atomic E-state index is 11.9.